The lowest BCUT2D eigenvalue weighted by Gasteiger charge is -2.12. The molecule has 5 nitrogen and oxygen atoms in total. The van der Waals surface area contributed by atoms with Crippen molar-refractivity contribution in [3.63, 3.8) is 0 Å². The number of hydrogen-bond donors (Lipinski definition) is 0. The van der Waals surface area contributed by atoms with Crippen LogP contribution in [0, 0.1) is 0 Å². The van der Waals surface area contributed by atoms with E-state index in [2.05, 4.69) is 15.9 Å². The number of fused-ring (bicyclic) bond motifs is 1. The van der Waals surface area contributed by atoms with E-state index in [0.717, 1.165) is 26.7 Å². The molecule has 0 aliphatic heterocycles. The number of ether oxygens (including phenoxy) is 2. The van der Waals surface area contributed by atoms with Crippen molar-refractivity contribution in [3.8, 4) is 11.5 Å². The summed E-state index contributed by atoms with van der Waals surface area (Å²) in [5.41, 5.74) is 2.87. The number of halogens is 1. The molecule has 0 aliphatic rings. The molecular weight excluding hydrogens is 458 g/mol. The number of para-hydroxylation sites is 1. The molecule has 0 bridgehead atoms. The lowest BCUT2D eigenvalue weighted by molar-refractivity contribution is 0.0589. The van der Waals surface area contributed by atoms with Crippen molar-refractivity contribution < 1.29 is 19.1 Å². The summed E-state index contributed by atoms with van der Waals surface area (Å²) in [4.78, 5) is 24.1. The third-order valence-electron chi connectivity index (χ3n) is 5.02. The highest BCUT2D eigenvalue weighted by Crippen LogP contribution is 2.34. The van der Waals surface area contributed by atoms with Gasteiger partial charge in [0.1, 0.15) is 17.2 Å². The third kappa shape index (κ3) is 4.39. The average Bonchev–Trinajstić information content (AvgIpc) is 3.13. The molecule has 0 amide bonds. The number of carbonyl (C=O) groups excluding carboxylic acids is 2. The molecule has 0 N–H and O–H groups in total. The van der Waals surface area contributed by atoms with E-state index in [1.165, 1.54) is 14.0 Å². The van der Waals surface area contributed by atoms with Crippen LogP contribution in [0.1, 0.15) is 33.3 Å². The SMILES string of the molecule is COC(=O)c1cc2c(Br)cc(Oc3ccccc3)cc2n1Cc1ccc(C(C)=O)cc1. The number of nitrogens with zero attached hydrogens (tertiary/aromatic N) is 1. The first-order valence-electron chi connectivity index (χ1n) is 9.70. The maximum absolute atomic E-state index is 12.5. The smallest absolute Gasteiger partial charge is 0.354 e. The molecule has 1 aromatic heterocycles. The monoisotopic (exact) mass is 477 g/mol. The van der Waals surface area contributed by atoms with E-state index < -0.39 is 5.97 Å². The van der Waals surface area contributed by atoms with Gasteiger partial charge in [0.05, 0.1) is 12.6 Å². The van der Waals surface area contributed by atoms with E-state index >= 15 is 0 Å². The van der Waals surface area contributed by atoms with Crippen molar-refractivity contribution >= 4 is 38.6 Å². The van der Waals surface area contributed by atoms with Crippen molar-refractivity contribution in [1.29, 1.82) is 0 Å². The highest BCUT2D eigenvalue weighted by Gasteiger charge is 2.19. The summed E-state index contributed by atoms with van der Waals surface area (Å²) in [5, 5.41) is 0.876. The number of rotatable bonds is 6. The highest BCUT2D eigenvalue weighted by atomic mass is 79.9. The topological polar surface area (TPSA) is 57.5 Å². The van der Waals surface area contributed by atoms with Crippen LogP contribution in [-0.2, 0) is 11.3 Å². The van der Waals surface area contributed by atoms with Gasteiger partial charge in [-0.2, -0.15) is 0 Å². The molecular formula is C25H20BrNO4. The van der Waals surface area contributed by atoms with E-state index in [1.807, 2.05) is 65.2 Å². The molecule has 0 atom stereocenters. The second-order valence-corrected chi connectivity index (χ2v) is 7.97. The lowest BCUT2D eigenvalue weighted by Crippen LogP contribution is -2.11. The number of esters is 1. The summed E-state index contributed by atoms with van der Waals surface area (Å²) in [6.45, 7) is 1.98. The van der Waals surface area contributed by atoms with Crippen molar-refractivity contribution in [2.24, 2.45) is 0 Å². The van der Waals surface area contributed by atoms with Gasteiger partial charge >= 0.3 is 5.97 Å². The highest BCUT2D eigenvalue weighted by molar-refractivity contribution is 9.10. The molecule has 3 aromatic carbocycles. The molecule has 0 radical (unpaired) electrons. The zero-order valence-corrected chi connectivity index (χ0v) is 18.7. The van der Waals surface area contributed by atoms with Gasteiger partial charge in [-0.1, -0.05) is 42.5 Å². The molecule has 156 valence electrons. The molecule has 4 rings (SSSR count). The summed E-state index contributed by atoms with van der Waals surface area (Å²) in [6, 6.07) is 22.5. The Hall–Kier alpha value is -3.38. The van der Waals surface area contributed by atoms with Gasteiger partial charge in [0, 0.05) is 28.0 Å². The molecule has 0 fully saturated rings. The van der Waals surface area contributed by atoms with Gasteiger partial charge in [0.25, 0.3) is 0 Å². The first-order valence-corrected chi connectivity index (χ1v) is 10.5. The number of carbonyl (C=O) groups is 2. The second kappa shape index (κ2) is 8.78. The third-order valence-corrected chi connectivity index (χ3v) is 5.67. The first-order chi connectivity index (χ1) is 15.0. The maximum atomic E-state index is 12.5. The van der Waals surface area contributed by atoms with Crippen LogP contribution in [0.5, 0.6) is 11.5 Å². The van der Waals surface area contributed by atoms with Crippen LogP contribution >= 0.6 is 15.9 Å². The number of aromatic nitrogens is 1. The Morgan fingerprint density at radius 2 is 1.65 bits per heavy atom. The summed E-state index contributed by atoms with van der Waals surface area (Å²) in [6.07, 6.45) is 0. The number of Topliss-reactive ketones (excluding diaryl/α,β-unsaturated/α-hetero) is 1. The fraction of sp³-hybridized carbons (Fsp3) is 0.120. The minimum Gasteiger partial charge on any atom is -0.464 e. The van der Waals surface area contributed by atoms with E-state index in [1.54, 1.807) is 12.1 Å². The van der Waals surface area contributed by atoms with Gasteiger partial charge in [-0.05, 0) is 52.7 Å². The van der Waals surface area contributed by atoms with Gasteiger partial charge in [0.2, 0.25) is 0 Å². The zero-order valence-electron chi connectivity index (χ0n) is 17.1. The number of hydrogen-bond acceptors (Lipinski definition) is 4. The number of benzene rings is 3. The van der Waals surface area contributed by atoms with Crippen molar-refractivity contribution in [3.05, 3.63) is 94.1 Å². The minimum absolute atomic E-state index is 0.0137. The Labute approximate surface area is 188 Å². The molecule has 0 spiro atoms. The van der Waals surface area contributed by atoms with Crippen molar-refractivity contribution in [2.45, 2.75) is 13.5 Å². The Balaban J connectivity index is 1.80. The average molecular weight is 478 g/mol. The summed E-state index contributed by atoms with van der Waals surface area (Å²) >= 11 is 3.61. The first kappa shape index (κ1) is 20.9. The molecule has 0 aliphatic carbocycles. The summed E-state index contributed by atoms with van der Waals surface area (Å²) in [5.74, 6) is 0.960. The second-order valence-electron chi connectivity index (χ2n) is 7.11. The van der Waals surface area contributed by atoms with E-state index in [4.69, 9.17) is 9.47 Å². The van der Waals surface area contributed by atoms with Gasteiger partial charge in [-0.25, -0.2) is 4.79 Å². The molecule has 4 aromatic rings. The Morgan fingerprint density at radius 3 is 2.29 bits per heavy atom. The van der Waals surface area contributed by atoms with E-state index in [0.29, 0.717) is 23.6 Å². The normalized spacial score (nSPS) is 10.8. The van der Waals surface area contributed by atoms with Crippen LogP contribution < -0.4 is 4.74 Å². The van der Waals surface area contributed by atoms with E-state index in [-0.39, 0.29) is 5.78 Å². The zero-order chi connectivity index (χ0) is 22.0. The standard InChI is InChI=1S/C25H20BrNO4/c1-16(28)18-10-8-17(9-11-18)15-27-23-13-20(31-19-6-4-3-5-7-19)12-22(26)21(23)14-24(27)25(29)30-2/h3-14H,15H2,1-2H3. The van der Waals surface area contributed by atoms with Crippen LogP contribution in [-0.4, -0.2) is 23.4 Å². The van der Waals surface area contributed by atoms with Gasteiger partial charge in [0.15, 0.2) is 5.78 Å². The van der Waals surface area contributed by atoms with Crippen molar-refractivity contribution in [1.82, 2.24) is 4.57 Å². The molecule has 1 heterocycles. The fourth-order valence-corrected chi connectivity index (χ4v) is 3.99. The van der Waals surface area contributed by atoms with Crippen LogP contribution in [0.15, 0.2) is 77.3 Å². The van der Waals surface area contributed by atoms with Crippen molar-refractivity contribution in [2.75, 3.05) is 7.11 Å². The van der Waals surface area contributed by atoms with Gasteiger partial charge in [-0.15, -0.1) is 0 Å². The molecule has 0 saturated carbocycles. The quantitative estimate of drug-likeness (QED) is 0.243. The van der Waals surface area contributed by atoms with Crippen LogP contribution in [0.3, 0.4) is 0 Å². The van der Waals surface area contributed by atoms with Crippen LogP contribution in [0.2, 0.25) is 0 Å². The fourth-order valence-electron chi connectivity index (χ4n) is 3.44. The van der Waals surface area contributed by atoms with Crippen LogP contribution in [0.25, 0.3) is 10.9 Å². The molecule has 6 heteroatoms. The summed E-state index contributed by atoms with van der Waals surface area (Å²) < 4.78 is 13.7. The van der Waals surface area contributed by atoms with Gasteiger partial charge in [-0.3, -0.25) is 4.79 Å². The molecule has 0 unspecified atom stereocenters. The minimum atomic E-state index is -0.422. The number of ketones is 1. The predicted octanol–water partition coefficient (Wildman–Crippen LogP) is 6.23. The lowest BCUT2D eigenvalue weighted by atomic mass is 10.1. The molecule has 31 heavy (non-hydrogen) atoms. The Kier molecular flexibility index (Phi) is 5.91. The maximum Gasteiger partial charge on any atom is 0.354 e. The van der Waals surface area contributed by atoms with E-state index in [9.17, 15) is 9.59 Å². The summed E-state index contributed by atoms with van der Waals surface area (Å²) in [7, 11) is 1.37. The Bertz CT molecular complexity index is 1260. The molecule has 0 saturated heterocycles. The predicted molar refractivity (Wildman–Crippen MR) is 123 cm³/mol. The van der Waals surface area contributed by atoms with Crippen LogP contribution in [0.4, 0.5) is 0 Å². The van der Waals surface area contributed by atoms with Gasteiger partial charge < -0.3 is 14.0 Å². The Morgan fingerprint density at radius 1 is 0.935 bits per heavy atom. The number of methoxy groups -OCH3 is 1. The largest absolute Gasteiger partial charge is 0.464 e.